The highest BCUT2D eigenvalue weighted by Gasteiger charge is 2.31. The van der Waals surface area contributed by atoms with Crippen LogP contribution < -0.4 is 5.43 Å². The number of hydrogen-bond donors (Lipinski definition) is 1. The first-order chi connectivity index (χ1) is 13.6. The van der Waals surface area contributed by atoms with E-state index in [2.05, 4.69) is 17.9 Å². The molecule has 28 heavy (non-hydrogen) atoms. The quantitative estimate of drug-likeness (QED) is 0.575. The second-order valence-electron chi connectivity index (χ2n) is 7.02. The molecule has 1 aromatic heterocycles. The van der Waals surface area contributed by atoms with Crippen LogP contribution in [0.1, 0.15) is 39.4 Å². The van der Waals surface area contributed by atoms with Crippen LogP contribution in [0.5, 0.6) is 5.75 Å². The zero-order valence-corrected chi connectivity index (χ0v) is 17.3. The van der Waals surface area contributed by atoms with Gasteiger partial charge in [0.2, 0.25) is 5.43 Å². The Balaban J connectivity index is 1.43. The van der Waals surface area contributed by atoms with E-state index >= 15 is 0 Å². The molecule has 2 aliphatic rings. The Kier molecular flexibility index (Phi) is 5.88. The van der Waals surface area contributed by atoms with Gasteiger partial charge in [0.15, 0.2) is 11.4 Å². The molecule has 146 valence electrons. The van der Waals surface area contributed by atoms with Crippen molar-refractivity contribution in [2.24, 2.45) is 0 Å². The van der Waals surface area contributed by atoms with Gasteiger partial charge in [0.25, 0.3) is 5.91 Å². The van der Waals surface area contributed by atoms with Gasteiger partial charge in [-0.3, -0.25) is 9.59 Å². The molecule has 0 radical (unpaired) electrons. The van der Waals surface area contributed by atoms with Gasteiger partial charge in [0.05, 0.1) is 4.99 Å². The van der Waals surface area contributed by atoms with Gasteiger partial charge >= 0.3 is 0 Å². The Morgan fingerprint density at radius 1 is 1.14 bits per heavy atom. The SMILES string of the molecule is O=C1c2c(O)c(=O)c(C3PC=CS3)cn2CCN1CCCCc1ccccc1. The number of unbranched alkanes of at least 4 members (excludes halogenated alkanes) is 1. The summed E-state index contributed by atoms with van der Waals surface area (Å²) in [5.74, 6) is 1.42. The number of carbonyl (C=O) groups excluding carboxylic acids is 1. The number of thioether (sulfide) groups is 1. The number of amides is 1. The molecule has 2 aromatic rings. The normalized spacial score (nSPS) is 19.4. The van der Waals surface area contributed by atoms with Crippen molar-refractivity contribution in [2.75, 3.05) is 13.1 Å². The summed E-state index contributed by atoms with van der Waals surface area (Å²) in [6, 6.07) is 10.3. The molecule has 1 aromatic carbocycles. The Labute approximate surface area is 170 Å². The lowest BCUT2D eigenvalue weighted by Gasteiger charge is -2.31. The molecular weight excluding hydrogens is 391 g/mol. The fraction of sp³-hybridized carbons (Fsp3) is 0.333. The van der Waals surface area contributed by atoms with Crippen molar-refractivity contribution >= 4 is 26.2 Å². The minimum Gasteiger partial charge on any atom is -0.503 e. The third-order valence-electron chi connectivity index (χ3n) is 5.18. The van der Waals surface area contributed by atoms with Crippen molar-refractivity contribution in [3.63, 3.8) is 0 Å². The second kappa shape index (κ2) is 8.54. The maximum absolute atomic E-state index is 12.9. The van der Waals surface area contributed by atoms with Crippen LogP contribution in [0.25, 0.3) is 0 Å². The largest absolute Gasteiger partial charge is 0.503 e. The molecule has 0 fully saturated rings. The third kappa shape index (κ3) is 3.89. The number of aryl methyl sites for hydroxylation is 1. The van der Waals surface area contributed by atoms with Crippen LogP contribution in [-0.4, -0.2) is 33.6 Å². The van der Waals surface area contributed by atoms with Crippen molar-refractivity contribution in [3.8, 4) is 5.75 Å². The molecule has 2 unspecified atom stereocenters. The fourth-order valence-corrected chi connectivity index (χ4v) is 6.12. The van der Waals surface area contributed by atoms with Crippen LogP contribution in [0.3, 0.4) is 0 Å². The lowest BCUT2D eigenvalue weighted by Crippen LogP contribution is -2.42. The van der Waals surface area contributed by atoms with Gasteiger partial charge in [0.1, 0.15) is 0 Å². The Morgan fingerprint density at radius 2 is 1.96 bits per heavy atom. The Morgan fingerprint density at radius 3 is 2.71 bits per heavy atom. The van der Waals surface area contributed by atoms with Crippen molar-refractivity contribution < 1.29 is 9.90 Å². The number of hydrogen-bond acceptors (Lipinski definition) is 4. The minimum atomic E-state index is -0.403. The van der Waals surface area contributed by atoms with Crippen molar-refractivity contribution in [2.45, 2.75) is 30.8 Å². The van der Waals surface area contributed by atoms with E-state index in [0.717, 1.165) is 19.3 Å². The zero-order valence-electron chi connectivity index (χ0n) is 15.5. The molecule has 0 spiro atoms. The number of benzene rings is 1. The van der Waals surface area contributed by atoms with E-state index in [1.54, 1.807) is 27.4 Å². The molecule has 0 bridgehead atoms. The van der Waals surface area contributed by atoms with E-state index in [9.17, 15) is 14.7 Å². The summed E-state index contributed by atoms with van der Waals surface area (Å²) < 4.78 is 1.76. The minimum absolute atomic E-state index is 0.0577. The molecule has 1 N–H and O–H groups in total. The third-order valence-corrected chi connectivity index (χ3v) is 8.03. The van der Waals surface area contributed by atoms with Crippen LogP contribution in [0.2, 0.25) is 0 Å². The zero-order chi connectivity index (χ0) is 19.5. The number of fused-ring (bicyclic) bond motifs is 1. The van der Waals surface area contributed by atoms with Gasteiger partial charge in [-0.25, -0.2) is 0 Å². The second-order valence-corrected chi connectivity index (χ2v) is 9.70. The van der Waals surface area contributed by atoms with Gasteiger partial charge < -0.3 is 14.6 Å². The number of pyridine rings is 1. The van der Waals surface area contributed by atoms with E-state index in [-0.39, 0.29) is 16.6 Å². The van der Waals surface area contributed by atoms with E-state index in [0.29, 0.717) is 33.8 Å². The van der Waals surface area contributed by atoms with Crippen molar-refractivity contribution in [1.82, 2.24) is 9.47 Å². The molecule has 0 saturated heterocycles. The Hall–Kier alpha value is -2.04. The summed E-state index contributed by atoms with van der Waals surface area (Å²) in [5.41, 5.74) is 1.63. The molecule has 2 atom stereocenters. The standard InChI is InChI=1S/C21H23N2O3PS/c24-18-16(21-27-12-13-28-21)14-23-11-10-22(20(26)17(23)19(18)25)9-5-4-8-15-6-2-1-3-7-15/h1-3,6-7,12-14,21,25,27H,4-5,8-11H2. The van der Waals surface area contributed by atoms with Gasteiger partial charge in [-0.1, -0.05) is 44.7 Å². The predicted molar refractivity (Wildman–Crippen MR) is 115 cm³/mol. The first-order valence-corrected chi connectivity index (χ1v) is 11.6. The van der Waals surface area contributed by atoms with Crippen LogP contribution >= 0.6 is 20.3 Å². The summed E-state index contributed by atoms with van der Waals surface area (Å²) >= 11 is 1.59. The van der Waals surface area contributed by atoms with Gasteiger partial charge in [-0.15, -0.1) is 11.8 Å². The number of aromatic hydroxyl groups is 1. The van der Waals surface area contributed by atoms with Gasteiger partial charge in [0, 0.05) is 31.4 Å². The highest BCUT2D eigenvalue weighted by atomic mass is 32.2. The molecule has 4 rings (SSSR count). The maximum Gasteiger partial charge on any atom is 0.274 e. The molecule has 7 heteroatoms. The number of carbonyl (C=O) groups is 1. The fourth-order valence-electron chi connectivity index (χ4n) is 3.68. The lowest BCUT2D eigenvalue weighted by molar-refractivity contribution is 0.0694. The Bertz CT molecular complexity index is 950. The predicted octanol–water partition coefficient (Wildman–Crippen LogP) is 3.93. The molecule has 1 amide bonds. The molecule has 5 nitrogen and oxygen atoms in total. The first-order valence-electron chi connectivity index (χ1n) is 9.51. The average molecular weight is 414 g/mol. The molecular formula is C21H23N2O3PS. The number of aromatic nitrogens is 1. The highest BCUT2D eigenvalue weighted by Crippen LogP contribution is 2.50. The van der Waals surface area contributed by atoms with Crippen LogP contribution in [0, 0.1) is 0 Å². The topological polar surface area (TPSA) is 62.5 Å². The van der Waals surface area contributed by atoms with E-state index < -0.39 is 11.2 Å². The van der Waals surface area contributed by atoms with Crippen LogP contribution in [0.15, 0.2) is 52.5 Å². The van der Waals surface area contributed by atoms with Crippen LogP contribution in [-0.2, 0) is 13.0 Å². The first kappa shape index (κ1) is 19.3. The van der Waals surface area contributed by atoms with E-state index in [1.165, 1.54) is 5.56 Å². The van der Waals surface area contributed by atoms with E-state index in [1.807, 2.05) is 23.6 Å². The molecule has 3 heterocycles. The highest BCUT2D eigenvalue weighted by molar-refractivity contribution is 8.08. The van der Waals surface area contributed by atoms with Gasteiger partial charge in [-0.05, 0) is 30.2 Å². The van der Waals surface area contributed by atoms with E-state index in [4.69, 9.17) is 0 Å². The smallest absolute Gasteiger partial charge is 0.274 e. The van der Waals surface area contributed by atoms with Crippen molar-refractivity contribution in [1.29, 1.82) is 0 Å². The molecule has 0 saturated carbocycles. The maximum atomic E-state index is 12.9. The van der Waals surface area contributed by atoms with Gasteiger partial charge in [-0.2, -0.15) is 0 Å². The average Bonchev–Trinajstić information content (AvgIpc) is 3.24. The number of nitrogens with zero attached hydrogens (tertiary/aromatic N) is 2. The monoisotopic (exact) mass is 414 g/mol. The molecule has 0 aliphatic carbocycles. The number of rotatable bonds is 6. The summed E-state index contributed by atoms with van der Waals surface area (Å²) in [6.07, 6.45) is 4.66. The lowest BCUT2D eigenvalue weighted by atomic mass is 10.1. The molecule has 2 aliphatic heterocycles. The summed E-state index contributed by atoms with van der Waals surface area (Å²) in [7, 11) is 0.522. The summed E-state index contributed by atoms with van der Waals surface area (Å²) in [6.45, 7) is 1.86. The van der Waals surface area contributed by atoms with Crippen molar-refractivity contribution in [3.05, 3.63) is 74.8 Å². The van der Waals surface area contributed by atoms with Crippen LogP contribution in [0.4, 0.5) is 0 Å². The summed E-state index contributed by atoms with van der Waals surface area (Å²) in [5, 5.41) is 12.5. The summed E-state index contributed by atoms with van der Waals surface area (Å²) in [4.78, 5) is 27.3.